The number of rotatable bonds is 5. The first kappa shape index (κ1) is 21.0. The van der Waals surface area contributed by atoms with E-state index in [0.717, 1.165) is 16.7 Å². The molecule has 34 heavy (non-hydrogen) atoms. The van der Waals surface area contributed by atoms with Gasteiger partial charge in [-0.2, -0.15) is 4.99 Å². The molecule has 5 aromatic rings. The van der Waals surface area contributed by atoms with Gasteiger partial charge in [-0.1, -0.05) is 18.2 Å². The number of methoxy groups -OCH3 is 1. The zero-order chi connectivity index (χ0) is 23.5. The highest BCUT2D eigenvalue weighted by Gasteiger charge is 2.11. The Bertz CT molecular complexity index is 1560. The predicted octanol–water partition coefficient (Wildman–Crippen LogP) is 5.71. The number of aromatic nitrogens is 2. The van der Waals surface area contributed by atoms with Gasteiger partial charge in [0.05, 0.1) is 23.4 Å². The van der Waals surface area contributed by atoms with Gasteiger partial charge in [-0.05, 0) is 54.6 Å². The summed E-state index contributed by atoms with van der Waals surface area (Å²) in [7, 11) is 1.61. The molecule has 166 valence electrons. The minimum Gasteiger partial charge on any atom is -0.497 e. The number of hydrogen-bond acceptors (Lipinski definition) is 7. The molecule has 3 aromatic carbocycles. The lowest BCUT2D eigenvalue weighted by molar-refractivity contribution is -0.384. The summed E-state index contributed by atoms with van der Waals surface area (Å²) in [6.07, 6.45) is 0. The summed E-state index contributed by atoms with van der Waals surface area (Å²) < 4.78 is 11.1. The third kappa shape index (κ3) is 4.37. The molecule has 0 aliphatic carbocycles. The van der Waals surface area contributed by atoms with E-state index in [4.69, 9.17) is 9.15 Å². The molecule has 0 aliphatic heterocycles. The number of fused-ring (bicyclic) bond motifs is 1. The van der Waals surface area contributed by atoms with Crippen molar-refractivity contribution >= 4 is 22.6 Å². The maximum absolute atomic E-state index is 11.0. The molecule has 0 unspecified atom stereocenters. The van der Waals surface area contributed by atoms with Crippen molar-refractivity contribution in [2.75, 3.05) is 7.11 Å². The van der Waals surface area contributed by atoms with Crippen LogP contribution in [0.5, 0.6) is 5.75 Å². The second kappa shape index (κ2) is 8.95. The van der Waals surface area contributed by atoms with Crippen molar-refractivity contribution < 1.29 is 14.1 Å². The van der Waals surface area contributed by atoms with E-state index >= 15 is 0 Å². The molecule has 0 atom stereocenters. The fourth-order valence-corrected chi connectivity index (χ4v) is 3.47. The second-order valence-electron chi connectivity index (χ2n) is 7.39. The number of para-hydroxylation sites is 1. The molecule has 0 bridgehead atoms. The molecular weight excluding hydrogens is 432 g/mol. The van der Waals surface area contributed by atoms with Gasteiger partial charge in [0.15, 0.2) is 0 Å². The second-order valence-corrected chi connectivity index (χ2v) is 7.39. The summed E-state index contributed by atoms with van der Waals surface area (Å²) in [5, 5.41) is 12.0. The quantitative estimate of drug-likeness (QED) is 0.251. The molecule has 0 aliphatic rings. The van der Waals surface area contributed by atoms with Crippen LogP contribution in [0.15, 0.2) is 100 Å². The fourth-order valence-electron chi connectivity index (χ4n) is 3.47. The number of nitro benzene ring substituents is 1. The number of hydrogen-bond donors (Lipinski definition) is 0. The lowest BCUT2D eigenvalue weighted by Crippen LogP contribution is -2.00. The van der Waals surface area contributed by atoms with Crippen LogP contribution in [0.1, 0.15) is 0 Å². The summed E-state index contributed by atoms with van der Waals surface area (Å²) in [6, 6.07) is 26.8. The van der Waals surface area contributed by atoms with Gasteiger partial charge in [0.1, 0.15) is 11.3 Å². The van der Waals surface area contributed by atoms with Crippen LogP contribution in [0.25, 0.3) is 33.5 Å². The Kier molecular flexibility index (Phi) is 5.53. The van der Waals surface area contributed by atoms with Gasteiger partial charge in [-0.3, -0.25) is 10.1 Å². The molecule has 0 fully saturated rings. The Morgan fingerprint density at radius 2 is 1.50 bits per heavy atom. The molecule has 2 aromatic heterocycles. The molecule has 0 spiro atoms. The number of benzene rings is 3. The van der Waals surface area contributed by atoms with Crippen LogP contribution in [-0.2, 0) is 0 Å². The number of non-ortho nitro benzene ring substituents is 1. The highest BCUT2D eigenvalue weighted by molar-refractivity contribution is 5.75. The Labute approximate surface area is 194 Å². The van der Waals surface area contributed by atoms with Crippen LogP contribution in [-0.4, -0.2) is 22.0 Å². The lowest BCUT2D eigenvalue weighted by atomic mass is 10.1. The predicted molar refractivity (Wildman–Crippen MR) is 128 cm³/mol. The zero-order valence-corrected chi connectivity index (χ0v) is 18.1. The highest BCUT2D eigenvalue weighted by atomic mass is 16.6. The van der Waals surface area contributed by atoms with E-state index in [9.17, 15) is 10.1 Å². The number of nitrogens with zero attached hydrogens (tertiary/aromatic N) is 4. The Hall–Kier alpha value is -4.85. The van der Waals surface area contributed by atoms with Gasteiger partial charge in [0.25, 0.3) is 11.6 Å². The lowest BCUT2D eigenvalue weighted by Gasteiger charge is -2.07. The first-order valence-electron chi connectivity index (χ1n) is 10.4. The van der Waals surface area contributed by atoms with Gasteiger partial charge in [0, 0.05) is 34.7 Å². The molecule has 0 radical (unpaired) electrons. The van der Waals surface area contributed by atoms with E-state index in [0.29, 0.717) is 28.1 Å². The molecule has 2 heterocycles. The van der Waals surface area contributed by atoms with Crippen LogP contribution in [0.4, 0.5) is 11.6 Å². The zero-order valence-electron chi connectivity index (χ0n) is 18.1. The summed E-state index contributed by atoms with van der Waals surface area (Å²) in [5.41, 5.74) is 3.84. The molecule has 8 heteroatoms. The van der Waals surface area contributed by atoms with E-state index in [-0.39, 0.29) is 11.6 Å². The van der Waals surface area contributed by atoms with Gasteiger partial charge in [0.2, 0.25) is 5.55 Å². The smallest absolute Gasteiger partial charge is 0.269 e. The number of nitro groups is 1. The average molecular weight is 450 g/mol. The normalized spacial score (nSPS) is 11.5. The first-order chi connectivity index (χ1) is 16.6. The van der Waals surface area contributed by atoms with Crippen molar-refractivity contribution in [2.45, 2.75) is 0 Å². The van der Waals surface area contributed by atoms with Crippen molar-refractivity contribution in [3.63, 3.8) is 0 Å². The topological polar surface area (TPSA) is 104 Å². The first-order valence-corrected chi connectivity index (χ1v) is 10.4. The van der Waals surface area contributed by atoms with Crippen LogP contribution in [0.3, 0.4) is 0 Å². The molecule has 0 amide bonds. The maximum Gasteiger partial charge on any atom is 0.269 e. The third-order valence-electron chi connectivity index (χ3n) is 5.22. The molecule has 5 rings (SSSR count). The van der Waals surface area contributed by atoms with E-state index in [1.807, 2.05) is 60.7 Å². The van der Waals surface area contributed by atoms with Crippen LogP contribution >= 0.6 is 0 Å². The maximum atomic E-state index is 11.0. The molecule has 0 saturated carbocycles. The van der Waals surface area contributed by atoms with Gasteiger partial charge >= 0.3 is 0 Å². The molecule has 0 saturated heterocycles. The van der Waals surface area contributed by atoms with Crippen LogP contribution < -0.4 is 10.3 Å². The Morgan fingerprint density at radius 1 is 0.853 bits per heavy atom. The minimum absolute atomic E-state index is 0.00746. The molecule has 0 N–H and O–H groups in total. The van der Waals surface area contributed by atoms with E-state index in [1.165, 1.54) is 12.1 Å². The highest BCUT2D eigenvalue weighted by Crippen LogP contribution is 2.28. The SMILES string of the molecule is COc1ccc(-c2cc(-c3ccc([N+](=O)[O-])cc3)nc(/N=c3\ccc4ccccc4o3)n2)cc1. The Morgan fingerprint density at radius 3 is 2.15 bits per heavy atom. The standard InChI is InChI=1S/C26H18N4O4/c1-33-21-13-8-18(9-14-21)23-16-22(17-6-11-20(12-7-17)30(31)32)27-26(28-23)29-25-15-10-19-4-2-3-5-24(19)34-25/h2-16H,1H3/b29-25+. The van der Waals surface area contributed by atoms with Gasteiger partial charge < -0.3 is 9.15 Å². The largest absolute Gasteiger partial charge is 0.497 e. The van der Waals surface area contributed by atoms with Gasteiger partial charge in [-0.15, -0.1) is 0 Å². The van der Waals surface area contributed by atoms with Crippen molar-refractivity contribution in [3.8, 4) is 28.3 Å². The number of ether oxygens (including phenoxy) is 1. The van der Waals surface area contributed by atoms with Crippen LogP contribution in [0.2, 0.25) is 0 Å². The summed E-state index contributed by atoms with van der Waals surface area (Å²) >= 11 is 0. The van der Waals surface area contributed by atoms with Crippen molar-refractivity contribution in [1.29, 1.82) is 0 Å². The summed E-state index contributed by atoms with van der Waals surface area (Å²) in [5.74, 6) is 0.939. The van der Waals surface area contributed by atoms with Gasteiger partial charge in [-0.25, -0.2) is 9.97 Å². The van der Waals surface area contributed by atoms with E-state index in [2.05, 4.69) is 15.0 Å². The van der Waals surface area contributed by atoms with Crippen molar-refractivity contribution in [1.82, 2.24) is 9.97 Å². The Balaban J connectivity index is 1.64. The minimum atomic E-state index is -0.436. The summed E-state index contributed by atoms with van der Waals surface area (Å²) in [6.45, 7) is 0. The average Bonchev–Trinajstić information content (AvgIpc) is 2.88. The van der Waals surface area contributed by atoms with Crippen LogP contribution in [0, 0.1) is 10.1 Å². The summed E-state index contributed by atoms with van der Waals surface area (Å²) in [4.78, 5) is 24.3. The van der Waals surface area contributed by atoms with Crippen molar-refractivity contribution in [3.05, 3.63) is 107 Å². The monoisotopic (exact) mass is 450 g/mol. The fraction of sp³-hybridized carbons (Fsp3) is 0.0385. The third-order valence-corrected chi connectivity index (χ3v) is 5.22. The molecule has 8 nitrogen and oxygen atoms in total. The van der Waals surface area contributed by atoms with Crippen molar-refractivity contribution in [2.24, 2.45) is 4.99 Å². The van der Waals surface area contributed by atoms with E-state index in [1.54, 1.807) is 25.3 Å². The van der Waals surface area contributed by atoms with E-state index < -0.39 is 4.92 Å². The molecular formula is C26H18N4O4.